The minimum Gasteiger partial charge on any atom is -0.454 e. The summed E-state index contributed by atoms with van der Waals surface area (Å²) in [7, 11) is -3.14. The molecule has 0 unspecified atom stereocenters. The Balaban J connectivity index is 1.03. The minimum absolute atomic E-state index is 0.900. The highest BCUT2D eigenvalue weighted by molar-refractivity contribution is 6.89. The minimum atomic E-state index is -1.57. The maximum absolute atomic E-state index is 6.94. The second-order valence-electron chi connectivity index (χ2n) is 20.9. The van der Waals surface area contributed by atoms with Crippen molar-refractivity contribution in [3.05, 3.63) is 182 Å². The van der Waals surface area contributed by atoms with Crippen LogP contribution in [0, 0.1) is 0 Å². The second-order valence-corrected chi connectivity index (χ2v) is 31.1. The number of nitrogens with zero attached hydrogens (tertiary/aromatic N) is 2. The van der Waals surface area contributed by atoms with Crippen molar-refractivity contribution in [2.24, 2.45) is 0 Å². The van der Waals surface area contributed by atoms with Gasteiger partial charge in [0.15, 0.2) is 11.2 Å². The van der Waals surface area contributed by atoms with Crippen LogP contribution in [0.15, 0.2) is 191 Å². The van der Waals surface area contributed by atoms with Gasteiger partial charge in [-0.25, -0.2) is 0 Å². The fourth-order valence-electron chi connectivity index (χ4n) is 11.4. The molecule has 326 valence electrons. The van der Waals surface area contributed by atoms with E-state index >= 15 is 0 Å². The summed E-state index contributed by atoms with van der Waals surface area (Å²) in [6.07, 6.45) is 0. The van der Waals surface area contributed by atoms with Crippen LogP contribution in [0.5, 0.6) is 0 Å². The third-order valence-electron chi connectivity index (χ3n) is 14.8. The lowest BCUT2D eigenvalue weighted by Gasteiger charge is -2.30. The van der Waals surface area contributed by atoms with Gasteiger partial charge in [0.05, 0.1) is 38.9 Å². The van der Waals surface area contributed by atoms with Crippen LogP contribution in [-0.2, 0) is 0 Å². The van der Waals surface area contributed by atoms with Crippen molar-refractivity contribution >= 4 is 158 Å². The summed E-state index contributed by atoms with van der Waals surface area (Å²) in [6, 6.07) is 67.9. The van der Waals surface area contributed by atoms with E-state index in [9.17, 15) is 0 Å². The first-order chi connectivity index (χ1) is 33.0. The molecule has 2 aromatic heterocycles. The maximum atomic E-state index is 6.94. The summed E-state index contributed by atoms with van der Waals surface area (Å²) in [5, 5.41) is 19.6. The molecule has 0 bridgehead atoms. The van der Waals surface area contributed by atoms with E-state index in [0.717, 1.165) is 56.5 Å². The fraction of sp³-hybridized carbons (Fsp3) is 0.0968. The first-order valence-electron chi connectivity index (χ1n) is 23.8. The van der Waals surface area contributed by atoms with E-state index in [1.807, 2.05) is 0 Å². The van der Waals surface area contributed by atoms with Gasteiger partial charge >= 0.3 is 0 Å². The zero-order valence-corrected chi connectivity index (χ0v) is 41.0. The molecule has 6 heteroatoms. The lowest BCUT2D eigenvalue weighted by Crippen LogP contribution is -2.37. The average Bonchev–Trinajstić information content (AvgIpc) is 3.95. The number of hydrogen-bond acceptors (Lipinski definition) is 4. The molecule has 0 fully saturated rings. The Kier molecular flexibility index (Phi) is 8.11. The van der Waals surface area contributed by atoms with Crippen LogP contribution in [-0.4, -0.2) is 16.1 Å². The molecule has 14 rings (SSSR count). The van der Waals surface area contributed by atoms with Gasteiger partial charge in [-0.15, -0.1) is 0 Å². The molecule has 4 nitrogen and oxygen atoms in total. The molecular formula is C62H48N2O2Si2. The summed E-state index contributed by atoms with van der Waals surface area (Å²) < 4.78 is 13.9. The molecule has 0 radical (unpaired) electrons. The van der Waals surface area contributed by atoms with Crippen molar-refractivity contribution < 1.29 is 8.83 Å². The molecule has 0 saturated carbocycles. The molecule has 0 aliphatic heterocycles. The molecule has 0 saturated heterocycles. The van der Waals surface area contributed by atoms with Crippen molar-refractivity contribution in [3.8, 4) is 0 Å². The molecule has 0 spiro atoms. The largest absolute Gasteiger partial charge is 0.454 e. The van der Waals surface area contributed by atoms with E-state index in [-0.39, 0.29) is 0 Å². The number of benzene rings is 12. The third kappa shape index (κ3) is 5.65. The Morgan fingerprint density at radius 2 is 0.618 bits per heavy atom. The zero-order chi connectivity index (χ0) is 45.8. The number of anilines is 6. The summed E-state index contributed by atoms with van der Waals surface area (Å²) in [4.78, 5) is 4.89. The van der Waals surface area contributed by atoms with Gasteiger partial charge < -0.3 is 18.6 Å². The molecule has 0 N–H and O–H groups in total. The fourth-order valence-corrected chi connectivity index (χ4v) is 13.7. The first kappa shape index (κ1) is 39.5. The molecule has 0 aliphatic carbocycles. The Morgan fingerprint density at radius 3 is 1.00 bits per heavy atom. The van der Waals surface area contributed by atoms with Crippen molar-refractivity contribution in [2.45, 2.75) is 39.3 Å². The molecule has 0 aliphatic rings. The van der Waals surface area contributed by atoms with Gasteiger partial charge in [0.1, 0.15) is 11.2 Å². The summed E-state index contributed by atoms with van der Waals surface area (Å²) >= 11 is 0. The van der Waals surface area contributed by atoms with Crippen molar-refractivity contribution in [2.75, 3.05) is 9.80 Å². The Labute approximate surface area is 396 Å². The Morgan fingerprint density at radius 1 is 0.294 bits per heavy atom. The summed E-state index contributed by atoms with van der Waals surface area (Å²) in [5.74, 6) is 0. The van der Waals surface area contributed by atoms with Crippen LogP contribution in [0.1, 0.15) is 0 Å². The zero-order valence-electron chi connectivity index (χ0n) is 39.0. The number of rotatable bonds is 8. The lowest BCUT2D eigenvalue weighted by molar-refractivity contribution is 0.669. The van der Waals surface area contributed by atoms with E-state index in [4.69, 9.17) is 8.83 Å². The molecule has 0 amide bonds. The van der Waals surface area contributed by atoms with E-state index in [1.54, 1.807) is 0 Å². The van der Waals surface area contributed by atoms with Gasteiger partial charge in [-0.1, -0.05) is 171 Å². The van der Waals surface area contributed by atoms with Gasteiger partial charge in [0, 0.05) is 43.7 Å². The van der Waals surface area contributed by atoms with Crippen LogP contribution < -0.4 is 20.2 Å². The maximum Gasteiger partial charge on any atom is 0.160 e. The highest BCUT2D eigenvalue weighted by atomic mass is 28.3. The van der Waals surface area contributed by atoms with E-state index in [1.165, 1.54) is 85.8 Å². The Hall–Kier alpha value is -7.65. The quantitative estimate of drug-likeness (QED) is 0.112. The monoisotopic (exact) mass is 908 g/mol. The number of furan rings is 2. The summed E-state index contributed by atoms with van der Waals surface area (Å²) in [5.41, 5.74) is 10.1. The predicted octanol–water partition coefficient (Wildman–Crippen LogP) is 17.6. The van der Waals surface area contributed by atoms with Crippen LogP contribution in [0.3, 0.4) is 0 Å². The van der Waals surface area contributed by atoms with E-state index < -0.39 is 16.1 Å². The van der Waals surface area contributed by atoms with Crippen LogP contribution in [0.4, 0.5) is 34.1 Å². The summed E-state index contributed by atoms with van der Waals surface area (Å²) in [6.45, 7) is 14.5. The first-order valence-corrected chi connectivity index (χ1v) is 30.8. The van der Waals surface area contributed by atoms with Gasteiger partial charge in [0.25, 0.3) is 0 Å². The van der Waals surface area contributed by atoms with E-state index in [0.29, 0.717) is 0 Å². The topological polar surface area (TPSA) is 32.8 Å². The highest BCUT2D eigenvalue weighted by Crippen LogP contribution is 2.52. The second kappa shape index (κ2) is 14.0. The van der Waals surface area contributed by atoms with Crippen molar-refractivity contribution in [3.63, 3.8) is 0 Å². The van der Waals surface area contributed by atoms with Crippen LogP contribution >= 0.6 is 0 Å². The highest BCUT2D eigenvalue weighted by Gasteiger charge is 2.28. The van der Waals surface area contributed by atoms with Crippen molar-refractivity contribution in [1.29, 1.82) is 0 Å². The third-order valence-corrected chi connectivity index (χ3v) is 19.0. The Bertz CT molecular complexity index is 4010. The molecule has 68 heavy (non-hydrogen) atoms. The van der Waals surface area contributed by atoms with Crippen LogP contribution in [0.2, 0.25) is 39.3 Å². The SMILES string of the molecule is C[Si](C)(C)c1ccc(N(c2ccc3ccc4c(N(c5ccc([Si](C)(C)C)cc5)c5ccc6ccc7cccc8oc5c6c78)ccc5ccc2c3c54)c2ccc3ccc4cccc5oc2c3c45)cc1. The smallest absolute Gasteiger partial charge is 0.160 e. The van der Waals surface area contributed by atoms with Gasteiger partial charge in [-0.3, -0.25) is 0 Å². The molecular weight excluding hydrogens is 861 g/mol. The van der Waals surface area contributed by atoms with Crippen LogP contribution in [0.25, 0.3) is 97.7 Å². The molecule has 0 atom stereocenters. The van der Waals surface area contributed by atoms with Gasteiger partial charge in [-0.2, -0.15) is 0 Å². The molecule has 12 aromatic carbocycles. The number of hydrogen-bond donors (Lipinski definition) is 0. The van der Waals surface area contributed by atoms with Gasteiger partial charge in [-0.05, 0) is 104 Å². The molecule has 14 aromatic rings. The normalized spacial score (nSPS) is 12.9. The van der Waals surface area contributed by atoms with Crippen molar-refractivity contribution in [1.82, 2.24) is 0 Å². The average molecular weight is 909 g/mol. The van der Waals surface area contributed by atoms with E-state index in [2.05, 4.69) is 231 Å². The standard InChI is InChI=1S/C62H48N2O2Si2/c1-67(2,3)45-27-23-43(24-28-45)63(51-35-21-41-15-13-37-9-7-11-53-57(37)59(41)61(51)65-53)49-33-19-39-18-32-48-50(34-20-40-17-31-47(49)55(39)56(40)48)64(44-25-29-46(30-26-44)68(4,5)6)52-36-22-42-16-14-38-10-8-12-54-58(38)60(42)62(52)66-54/h7-36H,1-6H3. The molecule has 2 heterocycles. The predicted molar refractivity (Wildman–Crippen MR) is 297 cm³/mol. The lowest BCUT2D eigenvalue weighted by atomic mass is 9.91. The van der Waals surface area contributed by atoms with Gasteiger partial charge in [0.2, 0.25) is 0 Å².